The van der Waals surface area contributed by atoms with Gasteiger partial charge in [0, 0.05) is 23.9 Å². The maximum Gasteiger partial charge on any atom is 0.495 e. The molecule has 5 rings (SSSR count). The van der Waals surface area contributed by atoms with Crippen LogP contribution in [0.5, 0.6) is 11.5 Å². The van der Waals surface area contributed by atoms with Gasteiger partial charge in [-0.2, -0.15) is 10.4 Å². The molecule has 0 amide bonds. The van der Waals surface area contributed by atoms with Crippen LogP contribution >= 0.6 is 0 Å². The second-order valence-corrected chi connectivity index (χ2v) is 11.4. The minimum atomic E-state index is -0.528. The standard InChI is InChI=1S/C32H35BN4O4/c1-19-14-22(18-34)26(17-27(19)33-40-31(3,4)32(5,6)41-33)21-10-12-24-25(15-21)20(2)35-36-30(24)37(7)28-13-11-23(38-8)16-29(28)39-9/h10-17H,1-9H3. The number of rotatable bonds is 6. The summed E-state index contributed by atoms with van der Waals surface area (Å²) in [6.07, 6.45) is 0. The number of benzene rings is 3. The number of aryl methyl sites for hydroxylation is 2. The molecule has 3 aromatic carbocycles. The Morgan fingerprint density at radius 3 is 2.22 bits per heavy atom. The Hall–Kier alpha value is -4.13. The summed E-state index contributed by atoms with van der Waals surface area (Å²) >= 11 is 0. The van der Waals surface area contributed by atoms with Crippen molar-refractivity contribution < 1.29 is 18.8 Å². The molecule has 0 aliphatic carbocycles. The highest BCUT2D eigenvalue weighted by Crippen LogP contribution is 2.40. The van der Waals surface area contributed by atoms with Gasteiger partial charge in [-0.05, 0) is 94.0 Å². The summed E-state index contributed by atoms with van der Waals surface area (Å²) in [5, 5.41) is 21.0. The number of fused-ring (bicyclic) bond motifs is 1. The van der Waals surface area contributed by atoms with Gasteiger partial charge in [-0.3, -0.25) is 0 Å². The lowest BCUT2D eigenvalue weighted by Crippen LogP contribution is -2.41. The molecule has 210 valence electrons. The van der Waals surface area contributed by atoms with Crippen molar-refractivity contribution in [2.75, 3.05) is 26.2 Å². The van der Waals surface area contributed by atoms with Crippen molar-refractivity contribution >= 4 is 34.9 Å². The Labute approximate surface area is 242 Å². The molecule has 1 aliphatic heterocycles. The van der Waals surface area contributed by atoms with Gasteiger partial charge in [0.1, 0.15) is 11.5 Å². The van der Waals surface area contributed by atoms with Crippen molar-refractivity contribution in [2.24, 2.45) is 0 Å². The van der Waals surface area contributed by atoms with Crippen LogP contribution in [0.15, 0.2) is 48.5 Å². The molecule has 0 radical (unpaired) electrons. The molecular formula is C32H35BN4O4. The lowest BCUT2D eigenvalue weighted by Gasteiger charge is -2.32. The summed E-state index contributed by atoms with van der Waals surface area (Å²) in [5.41, 5.74) is 4.84. The molecule has 0 atom stereocenters. The average Bonchev–Trinajstić information content (AvgIpc) is 3.18. The molecule has 0 saturated carbocycles. The Morgan fingerprint density at radius 1 is 0.878 bits per heavy atom. The topological polar surface area (TPSA) is 89.7 Å². The van der Waals surface area contributed by atoms with Gasteiger partial charge in [-0.1, -0.05) is 12.1 Å². The van der Waals surface area contributed by atoms with Gasteiger partial charge in [0.25, 0.3) is 0 Å². The fourth-order valence-electron chi connectivity index (χ4n) is 5.14. The van der Waals surface area contributed by atoms with Gasteiger partial charge in [0.2, 0.25) is 0 Å². The van der Waals surface area contributed by atoms with Gasteiger partial charge in [0.15, 0.2) is 5.82 Å². The van der Waals surface area contributed by atoms with Gasteiger partial charge in [0.05, 0.1) is 48.4 Å². The van der Waals surface area contributed by atoms with E-state index in [0.717, 1.165) is 44.3 Å². The van der Waals surface area contributed by atoms with Crippen LogP contribution in [0.1, 0.15) is 44.5 Å². The number of ether oxygens (including phenoxy) is 2. The van der Waals surface area contributed by atoms with Gasteiger partial charge < -0.3 is 23.7 Å². The number of hydrogen-bond acceptors (Lipinski definition) is 8. The molecule has 1 aromatic heterocycles. The van der Waals surface area contributed by atoms with E-state index in [0.29, 0.717) is 22.9 Å². The number of nitrogens with zero attached hydrogens (tertiary/aromatic N) is 4. The van der Waals surface area contributed by atoms with Crippen LogP contribution in [0, 0.1) is 25.2 Å². The Kier molecular flexibility index (Phi) is 7.18. The predicted octanol–water partition coefficient (Wildman–Crippen LogP) is 5.87. The van der Waals surface area contributed by atoms with Gasteiger partial charge >= 0.3 is 7.12 Å². The van der Waals surface area contributed by atoms with E-state index in [-0.39, 0.29) is 0 Å². The van der Waals surface area contributed by atoms with E-state index in [1.165, 1.54) is 0 Å². The van der Waals surface area contributed by atoms with Crippen molar-refractivity contribution in [3.63, 3.8) is 0 Å². The molecule has 0 spiro atoms. The largest absolute Gasteiger partial charge is 0.497 e. The third-order valence-corrected chi connectivity index (χ3v) is 8.36. The van der Waals surface area contributed by atoms with Crippen molar-refractivity contribution in [2.45, 2.75) is 52.7 Å². The highest BCUT2D eigenvalue weighted by molar-refractivity contribution is 6.62. The van der Waals surface area contributed by atoms with Crippen molar-refractivity contribution in [3.05, 3.63) is 65.4 Å². The van der Waals surface area contributed by atoms with Crippen molar-refractivity contribution in [1.29, 1.82) is 5.26 Å². The third-order valence-electron chi connectivity index (χ3n) is 8.36. The number of methoxy groups -OCH3 is 2. The zero-order valence-corrected chi connectivity index (χ0v) is 25.1. The normalized spacial score (nSPS) is 15.6. The lowest BCUT2D eigenvalue weighted by atomic mass is 9.74. The fraction of sp³-hybridized carbons (Fsp3) is 0.344. The highest BCUT2D eigenvalue weighted by Gasteiger charge is 2.52. The summed E-state index contributed by atoms with van der Waals surface area (Å²) < 4.78 is 23.7. The fourth-order valence-corrected chi connectivity index (χ4v) is 5.14. The molecule has 8 nitrogen and oxygen atoms in total. The van der Waals surface area contributed by atoms with E-state index in [9.17, 15) is 5.26 Å². The van der Waals surface area contributed by atoms with Crippen LogP contribution in [0.25, 0.3) is 21.9 Å². The minimum Gasteiger partial charge on any atom is -0.497 e. The van der Waals surface area contributed by atoms with Crippen LogP contribution in [0.3, 0.4) is 0 Å². The van der Waals surface area contributed by atoms with Gasteiger partial charge in [-0.25, -0.2) is 0 Å². The van der Waals surface area contributed by atoms with E-state index < -0.39 is 18.3 Å². The first-order valence-corrected chi connectivity index (χ1v) is 13.5. The third kappa shape index (κ3) is 4.88. The van der Waals surface area contributed by atoms with E-state index >= 15 is 0 Å². The second-order valence-electron chi connectivity index (χ2n) is 11.4. The number of anilines is 2. The predicted molar refractivity (Wildman–Crippen MR) is 162 cm³/mol. The number of hydrogen-bond donors (Lipinski definition) is 0. The quantitative estimate of drug-likeness (QED) is 0.276. The van der Waals surface area contributed by atoms with E-state index in [4.69, 9.17) is 18.8 Å². The summed E-state index contributed by atoms with van der Waals surface area (Å²) in [4.78, 5) is 1.95. The molecule has 0 unspecified atom stereocenters. The molecule has 9 heteroatoms. The van der Waals surface area contributed by atoms with Crippen LogP contribution in [0.2, 0.25) is 0 Å². The molecule has 41 heavy (non-hydrogen) atoms. The maximum absolute atomic E-state index is 10.1. The molecule has 1 aliphatic rings. The number of nitriles is 1. The molecule has 2 heterocycles. The molecular weight excluding hydrogens is 515 g/mol. The average molecular weight is 550 g/mol. The smallest absolute Gasteiger partial charge is 0.495 e. The van der Waals surface area contributed by atoms with Gasteiger partial charge in [-0.15, -0.1) is 5.10 Å². The van der Waals surface area contributed by atoms with Crippen LogP contribution in [0.4, 0.5) is 11.5 Å². The van der Waals surface area contributed by atoms with E-state index in [1.807, 2.05) is 96.0 Å². The second kappa shape index (κ2) is 10.4. The SMILES string of the molecule is COc1ccc(N(C)c2nnc(C)c3cc(-c4cc(B5OC(C)(C)C(C)(C)O5)c(C)cc4C#N)ccc23)c(OC)c1. The zero-order chi connectivity index (χ0) is 29.7. The molecule has 1 saturated heterocycles. The number of aromatic nitrogens is 2. The lowest BCUT2D eigenvalue weighted by molar-refractivity contribution is 0.00578. The van der Waals surface area contributed by atoms with Crippen LogP contribution < -0.4 is 19.8 Å². The molecule has 0 bridgehead atoms. The monoisotopic (exact) mass is 550 g/mol. The van der Waals surface area contributed by atoms with E-state index in [1.54, 1.807) is 14.2 Å². The van der Waals surface area contributed by atoms with Crippen molar-refractivity contribution in [3.8, 4) is 28.7 Å². The first-order valence-electron chi connectivity index (χ1n) is 13.5. The summed E-state index contributed by atoms with van der Waals surface area (Å²) in [7, 11) is 4.66. The van der Waals surface area contributed by atoms with E-state index in [2.05, 4.69) is 22.3 Å². The minimum absolute atomic E-state index is 0.466. The van der Waals surface area contributed by atoms with Crippen LogP contribution in [-0.4, -0.2) is 49.8 Å². The molecule has 0 N–H and O–H groups in total. The Balaban J connectivity index is 1.61. The Morgan fingerprint density at radius 2 is 1.59 bits per heavy atom. The highest BCUT2D eigenvalue weighted by atomic mass is 16.7. The first-order chi connectivity index (χ1) is 19.4. The molecule has 1 fully saturated rings. The van der Waals surface area contributed by atoms with Crippen LogP contribution in [-0.2, 0) is 9.31 Å². The molecule has 4 aromatic rings. The maximum atomic E-state index is 10.1. The van der Waals surface area contributed by atoms with Crippen molar-refractivity contribution in [1.82, 2.24) is 10.2 Å². The summed E-state index contributed by atoms with van der Waals surface area (Å²) in [6.45, 7) is 12.1. The summed E-state index contributed by atoms with van der Waals surface area (Å²) in [5.74, 6) is 2.05. The Bertz CT molecular complexity index is 1680. The first kappa shape index (κ1) is 28.4. The summed E-state index contributed by atoms with van der Waals surface area (Å²) in [6, 6.07) is 18.1. The zero-order valence-electron chi connectivity index (χ0n) is 25.1.